The smallest absolute Gasteiger partial charge is 0.173 e. The molecule has 1 aliphatic carbocycles. The summed E-state index contributed by atoms with van der Waals surface area (Å²) in [5.41, 5.74) is 8.58. The summed E-state index contributed by atoms with van der Waals surface area (Å²) in [4.78, 5) is 8.93. The molecule has 2 aromatic heterocycles. The highest BCUT2D eigenvalue weighted by Crippen LogP contribution is 2.25. The van der Waals surface area contributed by atoms with E-state index < -0.39 is 0 Å². The van der Waals surface area contributed by atoms with E-state index in [9.17, 15) is 0 Å². The van der Waals surface area contributed by atoms with E-state index in [1.165, 1.54) is 0 Å². The van der Waals surface area contributed by atoms with Crippen LogP contribution in [0.15, 0.2) is 11.2 Å². The van der Waals surface area contributed by atoms with Gasteiger partial charge in [-0.2, -0.15) is 4.68 Å². The molecular formula is C13H16N6O. The first-order chi connectivity index (χ1) is 9.60. The van der Waals surface area contributed by atoms with Crippen LogP contribution in [0.2, 0.25) is 0 Å². The summed E-state index contributed by atoms with van der Waals surface area (Å²) in [6, 6.07) is 1.94. The maximum absolute atomic E-state index is 8.97. The molecule has 0 amide bonds. The third kappa shape index (κ3) is 1.91. The molecule has 0 unspecified atom stereocenters. The van der Waals surface area contributed by atoms with Gasteiger partial charge in [0.05, 0.1) is 5.56 Å². The number of hydrogen-bond donors (Lipinski definition) is 2. The van der Waals surface area contributed by atoms with Crippen molar-refractivity contribution in [1.29, 1.82) is 0 Å². The lowest BCUT2D eigenvalue weighted by Gasteiger charge is -2.11. The van der Waals surface area contributed by atoms with Crippen LogP contribution in [-0.4, -0.2) is 30.8 Å². The number of rotatable bonds is 2. The second kappa shape index (κ2) is 4.59. The van der Waals surface area contributed by atoms with Gasteiger partial charge in [0.15, 0.2) is 11.7 Å². The molecule has 104 valence electrons. The van der Waals surface area contributed by atoms with Crippen LogP contribution in [0.1, 0.15) is 34.9 Å². The molecule has 0 bridgehead atoms. The van der Waals surface area contributed by atoms with Crippen molar-refractivity contribution < 1.29 is 5.21 Å². The van der Waals surface area contributed by atoms with Gasteiger partial charge in [0.2, 0.25) is 0 Å². The highest BCUT2D eigenvalue weighted by Gasteiger charge is 2.21. The number of fused-ring (bicyclic) bond motifs is 1. The summed E-state index contributed by atoms with van der Waals surface area (Å²) in [5, 5.41) is 16.4. The van der Waals surface area contributed by atoms with Gasteiger partial charge in [0.25, 0.3) is 0 Å². The molecule has 7 nitrogen and oxygen atoms in total. The number of oxime groups is 1. The fourth-order valence-electron chi connectivity index (χ4n) is 2.59. The van der Waals surface area contributed by atoms with E-state index in [0.29, 0.717) is 17.2 Å². The average molecular weight is 272 g/mol. The maximum Gasteiger partial charge on any atom is 0.173 e. The minimum Gasteiger partial charge on any atom is -0.409 e. The van der Waals surface area contributed by atoms with Gasteiger partial charge in [-0.1, -0.05) is 5.16 Å². The number of hydrogen-bond acceptors (Lipinski definition) is 5. The molecule has 2 heterocycles. The number of pyridine rings is 1. The lowest BCUT2D eigenvalue weighted by atomic mass is 10.1. The minimum atomic E-state index is 0.0368. The summed E-state index contributed by atoms with van der Waals surface area (Å²) < 4.78 is 1.64. The molecule has 0 fully saturated rings. The quantitative estimate of drug-likeness (QED) is 0.365. The molecule has 0 aromatic carbocycles. The molecule has 0 spiro atoms. The van der Waals surface area contributed by atoms with E-state index >= 15 is 0 Å². The molecule has 0 radical (unpaired) electrons. The Balaban J connectivity index is 2.25. The Morgan fingerprint density at radius 3 is 2.80 bits per heavy atom. The fourth-order valence-corrected chi connectivity index (χ4v) is 2.59. The van der Waals surface area contributed by atoms with Crippen LogP contribution in [0.3, 0.4) is 0 Å². The second-order valence-corrected chi connectivity index (χ2v) is 4.92. The van der Waals surface area contributed by atoms with Crippen molar-refractivity contribution >= 4 is 5.84 Å². The lowest BCUT2D eigenvalue weighted by molar-refractivity contribution is 0.318. The Hall–Kier alpha value is -2.44. The zero-order valence-corrected chi connectivity index (χ0v) is 11.5. The molecule has 3 rings (SSSR count). The summed E-state index contributed by atoms with van der Waals surface area (Å²) in [6.07, 6.45) is 3.01. The Morgan fingerprint density at radius 2 is 2.15 bits per heavy atom. The minimum absolute atomic E-state index is 0.0368. The van der Waals surface area contributed by atoms with E-state index in [1.54, 1.807) is 4.68 Å². The van der Waals surface area contributed by atoms with Crippen molar-refractivity contribution in [1.82, 2.24) is 19.7 Å². The predicted octanol–water partition coefficient (Wildman–Crippen LogP) is 0.862. The molecule has 2 aromatic rings. The van der Waals surface area contributed by atoms with Gasteiger partial charge in [-0.25, -0.2) is 9.97 Å². The molecule has 7 heteroatoms. The Labute approximate surface area is 116 Å². The van der Waals surface area contributed by atoms with Crippen LogP contribution < -0.4 is 5.73 Å². The van der Waals surface area contributed by atoms with Crippen molar-refractivity contribution in [2.24, 2.45) is 10.9 Å². The third-order valence-corrected chi connectivity index (χ3v) is 3.49. The van der Waals surface area contributed by atoms with Crippen LogP contribution in [-0.2, 0) is 12.8 Å². The van der Waals surface area contributed by atoms with Crippen molar-refractivity contribution in [3.8, 4) is 5.82 Å². The highest BCUT2D eigenvalue weighted by molar-refractivity contribution is 6.00. The molecule has 1 aliphatic rings. The van der Waals surface area contributed by atoms with Crippen LogP contribution in [0.25, 0.3) is 5.82 Å². The largest absolute Gasteiger partial charge is 0.409 e. The average Bonchev–Trinajstić information content (AvgIpc) is 3.01. The zero-order valence-electron chi connectivity index (χ0n) is 11.5. The van der Waals surface area contributed by atoms with E-state index in [0.717, 1.165) is 36.3 Å². The van der Waals surface area contributed by atoms with Gasteiger partial charge in [-0.15, -0.1) is 5.10 Å². The first-order valence-electron chi connectivity index (χ1n) is 6.51. The van der Waals surface area contributed by atoms with Gasteiger partial charge >= 0.3 is 0 Å². The Kier molecular flexibility index (Phi) is 2.89. The van der Waals surface area contributed by atoms with E-state index in [-0.39, 0.29) is 5.84 Å². The van der Waals surface area contributed by atoms with Crippen molar-refractivity contribution in [3.05, 3.63) is 34.5 Å². The van der Waals surface area contributed by atoms with Gasteiger partial charge in [-0.3, -0.25) is 0 Å². The van der Waals surface area contributed by atoms with E-state index in [2.05, 4.69) is 20.2 Å². The van der Waals surface area contributed by atoms with Gasteiger partial charge in [0, 0.05) is 5.69 Å². The van der Waals surface area contributed by atoms with Gasteiger partial charge in [-0.05, 0) is 44.7 Å². The topological polar surface area (TPSA) is 102 Å². The number of amidine groups is 1. The van der Waals surface area contributed by atoms with Crippen molar-refractivity contribution in [3.63, 3.8) is 0 Å². The molecule has 3 N–H and O–H groups in total. The van der Waals surface area contributed by atoms with Crippen LogP contribution >= 0.6 is 0 Å². The number of nitrogens with two attached hydrogens (primary N) is 1. The van der Waals surface area contributed by atoms with Crippen molar-refractivity contribution in [2.75, 3.05) is 0 Å². The second-order valence-electron chi connectivity index (χ2n) is 4.92. The maximum atomic E-state index is 8.97. The first kappa shape index (κ1) is 12.6. The van der Waals surface area contributed by atoms with E-state index in [1.807, 2.05) is 19.9 Å². The molecule has 0 saturated heterocycles. The van der Waals surface area contributed by atoms with Crippen LogP contribution in [0.5, 0.6) is 0 Å². The number of nitrogens with zero attached hydrogens (tertiary/aromatic N) is 5. The first-order valence-corrected chi connectivity index (χ1v) is 6.51. The summed E-state index contributed by atoms with van der Waals surface area (Å²) >= 11 is 0. The lowest BCUT2D eigenvalue weighted by Crippen LogP contribution is -2.19. The predicted molar refractivity (Wildman–Crippen MR) is 73.2 cm³/mol. The number of aryl methyl sites for hydroxylation is 4. The summed E-state index contributed by atoms with van der Waals surface area (Å²) in [7, 11) is 0. The van der Waals surface area contributed by atoms with Crippen molar-refractivity contribution in [2.45, 2.75) is 33.1 Å². The number of aromatic nitrogens is 4. The Bertz CT molecular complexity index is 703. The molecular weight excluding hydrogens is 256 g/mol. The molecule has 0 saturated carbocycles. The normalized spacial score (nSPS) is 14.6. The highest BCUT2D eigenvalue weighted by atomic mass is 16.4. The SMILES string of the molecule is Cc1nc(C)n(-c2nc3c(cc2C(N)=NO)CCC3)n1. The fraction of sp³-hybridized carbons (Fsp3) is 0.385. The summed E-state index contributed by atoms with van der Waals surface area (Å²) in [6.45, 7) is 3.67. The van der Waals surface area contributed by atoms with Gasteiger partial charge in [0.1, 0.15) is 11.6 Å². The van der Waals surface area contributed by atoms with Crippen LogP contribution in [0.4, 0.5) is 0 Å². The Morgan fingerprint density at radius 1 is 1.35 bits per heavy atom. The molecule has 0 aliphatic heterocycles. The molecule has 0 atom stereocenters. The van der Waals surface area contributed by atoms with Crippen LogP contribution in [0, 0.1) is 13.8 Å². The van der Waals surface area contributed by atoms with Gasteiger partial charge < -0.3 is 10.9 Å². The standard InChI is InChI=1S/C13H16N6O/c1-7-15-8(2)19(17-7)13-10(12(14)18-20)6-9-4-3-5-11(9)16-13/h6,20H,3-5H2,1-2H3,(H2,14,18). The summed E-state index contributed by atoms with van der Waals surface area (Å²) in [5.74, 6) is 1.99. The zero-order chi connectivity index (χ0) is 14.3. The monoisotopic (exact) mass is 272 g/mol. The third-order valence-electron chi connectivity index (χ3n) is 3.49. The molecule has 20 heavy (non-hydrogen) atoms. The van der Waals surface area contributed by atoms with E-state index in [4.69, 9.17) is 10.9 Å².